The number of terminal acetylenes is 1. The molecule has 10 heteroatoms. The van der Waals surface area contributed by atoms with Crippen molar-refractivity contribution in [3.05, 3.63) is 30.0 Å². The molecule has 10 nitrogen and oxygen atoms in total. The Morgan fingerprint density at radius 3 is 2.59 bits per heavy atom. The molecular weight excluding hydrogens is 438 g/mol. The van der Waals surface area contributed by atoms with Crippen molar-refractivity contribution >= 4 is 34.5 Å². The molecule has 1 aliphatic rings. The van der Waals surface area contributed by atoms with Gasteiger partial charge in [0.2, 0.25) is 5.91 Å². The average Bonchev–Trinajstić information content (AvgIpc) is 3.42. The first kappa shape index (κ1) is 26.3. The van der Waals surface area contributed by atoms with Gasteiger partial charge in [0.05, 0.1) is 26.1 Å². The van der Waals surface area contributed by atoms with Gasteiger partial charge in [-0.25, -0.2) is 5.01 Å². The summed E-state index contributed by atoms with van der Waals surface area (Å²) in [6, 6.07) is 6.97. The maximum atomic E-state index is 12.4. The third-order valence-corrected chi connectivity index (χ3v) is 4.69. The molecule has 1 saturated heterocycles. The minimum absolute atomic E-state index is 0.0453. The van der Waals surface area contributed by atoms with Gasteiger partial charge < -0.3 is 20.4 Å². The molecule has 2 aromatic rings. The summed E-state index contributed by atoms with van der Waals surface area (Å²) >= 11 is 0. The number of H-pyrrole nitrogens is 1. The lowest BCUT2D eigenvalue weighted by molar-refractivity contribution is -0.138. The smallest absolute Gasteiger partial charge is 0.316 e. The predicted molar refractivity (Wildman–Crippen MR) is 128 cm³/mol. The summed E-state index contributed by atoms with van der Waals surface area (Å²) in [7, 11) is 1.53. The Hall–Kier alpha value is -4.00. The molecule has 34 heavy (non-hydrogen) atoms. The summed E-state index contributed by atoms with van der Waals surface area (Å²) < 4.78 is 5.26. The van der Waals surface area contributed by atoms with Crippen LogP contribution in [0, 0.1) is 24.2 Å². The van der Waals surface area contributed by atoms with Crippen molar-refractivity contribution in [3.63, 3.8) is 0 Å². The number of nitrogens with one attached hydrogen (secondary N) is 4. The molecule has 4 N–H and O–H groups in total. The number of fused-ring (bicyclic) bond motifs is 1. The number of aromatic amines is 1. The van der Waals surface area contributed by atoms with Crippen LogP contribution in [0.5, 0.6) is 5.75 Å². The molecule has 4 amide bonds. The minimum atomic E-state index is -0.780. The molecule has 1 atom stereocenters. The van der Waals surface area contributed by atoms with Gasteiger partial charge in [-0.2, -0.15) is 0 Å². The van der Waals surface area contributed by atoms with E-state index in [4.69, 9.17) is 11.2 Å². The number of methoxy groups -OCH3 is 1. The number of hydrogen-bond donors (Lipinski definition) is 4. The lowest BCUT2D eigenvalue weighted by atomic mass is 10.1. The standard InChI is InChI=1S/C20H21N5O5.C4H10/c1-3-18(27)25(11-12-7-8-21-19(12)28)24-17(26)10-22-20(29)15-9-13-14(23-15)5-4-6-16(13)30-2;1-4(2)3/h1,4-6,9,12,23H,7-8,10-11H2,2H3,(H,21,28)(H,22,29)(H,24,26);4H,1-3H3/t12-;/m0./s1. The number of amides is 4. The Bertz CT molecular complexity index is 1080. The van der Waals surface area contributed by atoms with Gasteiger partial charge in [-0.1, -0.05) is 26.8 Å². The Labute approximate surface area is 198 Å². The van der Waals surface area contributed by atoms with Crippen LogP contribution in [0.15, 0.2) is 24.3 Å². The molecule has 2 heterocycles. The fourth-order valence-corrected chi connectivity index (χ4v) is 3.17. The molecule has 0 saturated carbocycles. The number of rotatable bonds is 6. The van der Waals surface area contributed by atoms with Gasteiger partial charge in [-0.3, -0.25) is 24.6 Å². The molecule has 0 spiro atoms. The third kappa shape index (κ3) is 7.27. The van der Waals surface area contributed by atoms with Crippen LogP contribution in [0.3, 0.4) is 0 Å². The van der Waals surface area contributed by atoms with Gasteiger partial charge in [0.15, 0.2) is 0 Å². The summed E-state index contributed by atoms with van der Waals surface area (Å²) in [5.41, 5.74) is 3.31. The van der Waals surface area contributed by atoms with Crippen molar-refractivity contribution in [1.82, 2.24) is 26.1 Å². The molecular formula is C24H31N5O5. The number of ether oxygens (including phenoxy) is 1. The second kappa shape index (κ2) is 12.3. The first-order valence-corrected chi connectivity index (χ1v) is 11.0. The molecule has 0 aliphatic carbocycles. The Balaban J connectivity index is 0.000000945. The van der Waals surface area contributed by atoms with Gasteiger partial charge in [-0.15, -0.1) is 6.42 Å². The molecule has 0 bridgehead atoms. The zero-order valence-corrected chi connectivity index (χ0v) is 19.9. The lowest BCUT2D eigenvalue weighted by Crippen LogP contribution is -2.51. The number of hydrazine groups is 1. The molecule has 3 rings (SSSR count). The van der Waals surface area contributed by atoms with E-state index in [9.17, 15) is 19.2 Å². The fraction of sp³-hybridized carbons (Fsp3) is 0.417. The first-order chi connectivity index (χ1) is 16.2. The summed E-state index contributed by atoms with van der Waals surface area (Å²) in [6.45, 7) is 6.56. The van der Waals surface area contributed by atoms with Crippen LogP contribution in [0.2, 0.25) is 0 Å². The van der Waals surface area contributed by atoms with E-state index < -0.39 is 30.2 Å². The highest BCUT2D eigenvalue weighted by atomic mass is 16.5. The number of carbonyl (C=O) groups is 4. The van der Waals surface area contributed by atoms with E-state index in [1.54, 1.807) is 24.3 Å². The van der Waals surface area contributed by atoms with Gasteiger partial charge >= 0.3 is 5.91 Å². The van der Waals surface area contributed by atoms with E-state index in [1.165, 1.54) is 7.11 Å². The van der Waals surface area contributed by atoms with Crippen molar-refractivity contribution in [1.29, 1.82) is 0 Å². The number of aromatic nitrogens is 1. The lowest BCUT2D eigenvalue weighted by Gasteiger charge is -2.23. The van der Waals surface area contributed by atoms with Gasteiger partial charge in [-0.05, 0) is 36.5 Å². The number of nitrogens with zero attached hydrogens (tertiary/aromatic N) is 1. The van der Waals surface area contributed by atoms with Crippen LogP contribution in [0.4, 0.5) is 0 Å². The number of hydrogen-bond acceptors (Lipinski definition) is 5. The van der Waals surface area contributed by atoms with Crippen molar-refractivity contribution in [3.8, 4) is 18.1 Å². The number of carbonyl (C=O) groups excluding carboxylic acids is 4. The molecule has 0 radical (unpaired) electrons. The topological polar surface area (TPSA) is 133 Å². The molecule has 1 aliphatic heterocycles. The maximum absolute atomic E-state index is 12.4. The second-order valence-corrected chi connectivity index (χ2v) is 8.39. The van der Waals surface area contributed by atoms with Crippen LogP contribution in [-0.4, -0.2) is 60.4 Å². The highest BCUT2D eigenvalue weighted by Gasteiger charge is 2.28. The van der Waals surface area contributed by atoms with Crippen molar-refractivity contribution in [2.45, 2.75) is 27.2 Å². The highest BCUT2D eigenvalue weighted by Crippen LogP contribution is 2.25. The average molecular weight is 470 g/mol. The molecule has 0 unspecified atom stereocenters. The zero-order chi connectivity index (χ0) is 25.3. The zero-order valence-electron chi connectivity index (χ0n) is 19.9. The van der Waals surface area contributed by atoms with Crippen molar-refractivity contribution in [2.24, 2.45) is 11.8 Å². The minimum Gasteiger partial charge on any atom is -0.496 e. The maximum Gasteiger partial charge on any atom is 0.316 e. The molecule has 1 aromatic heterocycles. The highest BCUT2D eigenvalue weighted by molar-refractivity contribution is 6.01. The fourth-order valence-electron chi connectivity index (χ4n) is 3.17. The van der Waals surface area contributed by atoms with E-state index >= 15 is 0 Å². The summed E-state index contributed by atoms with van der Waals surface area (Å²) in [5.74, 6) is 0.750. The first-order valence-electron chi connectivity index (χ1n) is 11.0. The van der Waals surface area contributed by atoms with Crippen molar-refractivity contribution < 1.29 is 23.9 Å². The van der Waals surface area contributed by atoms with Crippen LogP contribution in [0.1, 0.15) is 37.7 Å². The largest absolute Gasteiger partial charge is 0.496 e. The van der Waals surface area contributed by atoms with Gasteiger partial charge in [0.1, 0.15) is 11.4 Å². The normalized spacial score (nSPS) is 14.5. The summed E-state index contributed by atoms with van der Waals surface area (Å²) in [5, 5.41) is 6.77. The van der Waals surface area contributed by atoms with Crippen LogP contribution in [-0.2, 0) is 14.4 Å². The van der Waals surface area contributed by atoms with E-state index in [1.807, 2.05) is 5.92 Å². The SMILES string of the molecule is C#CC(=O)N(C[C@@H]1CCNC1=O)NC(=O)CNC(=O)c1cc2c(OC)cccc2[nH]1.CC(C)C. The number of benzene rings is 1. The third-order valence-electron chi connectivity index (χ3n) is 4.69. The Kier molecular flexibility index (Phi) is 9.49. The molecule has 1 fully saturated rings. The molecule has 182 valence electrons. The quantitative estimate of drug-likeness (QED) is 0.373. The van der Waals surface area contributed by atoms with E-state index in [0.717, 1.165) is 16.3 Å². The van der Waals surface area contributed by atoms with Gasteiger partial charge in [0.25, 0.3) is 11.8 Å². The van der Waals surface area contributed by atoms with E-state index in [2.05, 4.69) is 41.8 Å². The summed E-state index contributed by atoms with van der Waals surface area (Å²) in [6.07, 6.45) is 5.67. The van der Waals surface area contributed by atoms with E-state index in [-0.39, 0.29) is 18.1 Å². The molecule has 1 aromatic carbocycles. The monoisotopic (exact) mass is 469 g/mol. The Morgan fingerprint density at radius 2 is 2.00 bits per heavy atom. The van der Waals surface area contributed by atoms with E-state index in [0.29, 0.717) is 24.2 Å². The predicted octanol–water partition coefficient (Wildman–Crippen LogP) is 1.20. The van der Waals surface area contributed by atoms with Crippen LogP contribution >= 0.6 is 0 Å². The summed E-state index contributed by atoms with van der Waals surface area (Å²) in [4.78, 5) is 51.2. The van der Waals surface area contributed by atoms with Gasteiger partial charge in [0, 0.05) is 17.4 Å². The second-order valence-electron chi connectivity index (χ2n) is 8.39. The van der Waals surface area contributed by atoms with Crippen molar-refractivity contribution in [2.75, 3.05) is 26.7 Å². The Morgan fingerprint density at radius 1 is 1.29 bits per heavy atom. The van der Waals surface area contributed by atoms with Crippen LogP contribution in [0.25, 0.3) is 10.9 Å². The van der Waals surface area contributed by atoms with Crippen LogP contribution < -0.4 is 20.8 Å².